The second-order valence-electron chi connectivity index (χ2n) is 9.05. The number of benzene rings is 1. The number of carbonyl (C=O) groups excluding carboxylic acids is 3. The number of imidazole rings is 1. The Bertz CT molecular complexity index is 1060. The van der Waals surface area contributed by atoms with Crippen LogP contribution in [-0.4, -0.2) is 56.7 Å². The Kier molecular flexibility index (Phi) is 5.23. The van der Waals surface area contributed by atoms with Crippen molar-refractivity contribution >= 4 is 23.4 Å². The van der Waals surface area contributed by atoms with E-state index < -0.39 is 11.5 Å². The highest BCUT2D eigenvalue weighted by atomic mass is 16.2. The molecule has 168 valence electrons. The van der Waals surface area contributed by atoms with Gasteiger partial charge in [-0.1, -0.05) is 18.2 Å². The summed E-state index contributed by atoms with van der Waals surface area (Å²) in [4.78, 5) is 47.1. The summed E-state index contributed by atoms with van der Waals surface area (Å²) >= 11 is 0. The number of nitrogens with zero attached hydrogens (tertiary/aromatic N) is 4. The molecule has 2 aromatic rings. The van der Waals surface area contributed by atoms with Crippen molar-refractivity contribution in [3.8, 4) is 0 Å². The van der Waals surface area contributed by atoms with Crippen LogP contribution in [0, 0.1) is 0 Å². The van der Waals surface area contributed by atoms with Crippen LogP contribution in [0.3, 0.4) is 0 Å². The van der Waals surface area contributed by atoms with Crippen LogP contribution >= 0.6 is 0 Å². The summed E-state index contributed by atoms with van der Waals surface area (Å²) in [6, 6.07) is 7.29. The number of likely N-dealkylation sites (tertiary alicyclic amines) is 2. The Hall–Kier alpha value is -3.16. The van der Waals surface area contributed by atoms with E-state index in [4.69, 9.17) is 0 Å². The summed E-state index contributed by atoms with van der Waals surface area (Å²) < 4.78 is 1.90. The maximum absolute atomic E-state index is 13.4. The molecule has 2 saturated heterocycles. The summed E-state index contributed by atoms with van der Waals surface area (Å²) in [6.07, 6.45) is 7.70. The third kappa shape index (κ3) is 3.20. The normalized spacial score (nSPS) is 24.8. The molecule has 8 heteroatoms. The second-order valence-corrected chi connectivity index (χ2v) is 9.05. The van der Waals surface area contributed by atoms with Gasteiger partial charge in [-0.2, -0.15) is 0 Å². The fourth-order valence-electron chi connectivity index (χ4n) is 5.62. The number of aryl methyl sites for hydroxylation is 1. The lowest BCUT2D eigenvalue weighted by molar-refractivity contribution is -0.136. The molecule has 0 unspecified atom stereocenters. The van der Waals surface area contributed by atoms with Crippen LogP contribution in [0.15, 0.2) is 36.7 Å². The van der Waals surface area contributed by atoms with E-state index >= 15 is 0 Å². The fraction of sp³-hybridized carbons (Fsp3) is 0.500. The van der Waals surface area contributed by atoms with Crippen LogP contribution in [0.1, 0.15) is 56.0 Å². The van der Waals surface area contributed by atoms with Crippen LogP contribution < -0.4 is 5.32 Å². The number of carbonyl (C=O) groups is 3. The second kappa shape index (κ2) is 8.07. The minimum Gasteiger partial charge on any atom is -0.343 e. The number of rotatable bonds is 5. The zero-order chi connectivity index (χ0) is 22.3. The van der Waals surface area contributed by atoms with Crippen LogP contribution in [-0.2, 0) is 26.8 Å². The van der Waals surface area contributed by atoms with Crippen molar-refractivity contribution < 1.29 is 14.4 Å². The minimum atomic E-state index is -0.839. The predicted molar refractivity (Wildman–Crippen MR) is 119 cm³/mol. The van der Waals surface area contributed by atoms with Crippen molar-refractivity contribution in [1.82, 2.24) is 19.4 Å². The van der Waals surface area contributed by atoms with Gasteiger partial charge in [-0.3, -0.25) is 14.4 Å². The van der Waals surface area contributed by atoms with Crippen LogP contribution in [0.4, 0.5) is 5.69 Å². The number of aromatic nitrogens is 2. The quantitative estimate of drug-likeness (QED) is 0.781. The van der Waals surface area contributed by atoms with Gasteiger partial charge in [0.2, 0.25) is 17.7 Å². The highest BCUT2D eigenvalue weighted by Gasteiger charge is 2.60. The lowest BCUT2D eigenvalue weighted by Gasteiger charge is -2.33. The highest BCUT2D eigenvalue weighted by molar-refractivity contribution is 6.07. The monoisotopic (exact) mass is 435 g/mol. The fourth-order valence-corrected chi connectivity index (χ4v) is 5.62. The molecular formula is C24H29N5O3. The van der Waals surface area contributed by atoms with Gasteiger partial charge in [0.25, 0.3) is 0 Å². The first-order valence-corrected chi connectivity index (χ1v) is 11.5. The van der Waals surface area contributed by atoms with Gasteiger partial charge in [-0.25, -0.2) is 4.98 Å². The number of para-hydroxylation sites is 1. The maximum atomic E-state index is 13.4. The molecule has 1 N–H and O–H groups in total. The van der Waals surface area contributed by atoms with Crippen molar-refractivity contribution in [3.63, 3.8) is 0 Å². The lowest BCUT2D eigenvalue weighted by Crippen LogP contribution is -2.44. The number of nitrogens with one attached hydrogen (secondary N) is 1. The Morgan fingerprint density at radius 2 is 2.06 bits per heavy atom. The van der Waals surface area contributed by atoms with Gasteiger partial charge in [-0.15, -0.1) is 0 Å². The molecule has 2 fully saturated rings. The van der Waals surface area contributed by atoms with Gasteiger partial charge in [-0.05, 0) is 37.3 Å². The topological polar surface area (TPSA) is 87.5 Å². The van der Waals surface area contributed by atoms with Gasteiger partial charge in [0.05, 0.1) is 0 Å². The molecule has 1 aromatic heterocycles. The molecule has 0 saturated carbocycles. The molecule has 1 aromatic carbocycles. The molecule has 5 rings (SSSR count). The molecular weight excluding hydrogens is 406 g/mol. The van der Waals surface area contributed by atoms with Gasteiger partial charge in [0, 0.05) is 57.6 Å². The average Bonchev–Trinajstić information content (AvgIpc) is 3.46. The summed E-state index contributed by atoms with van der Waals surface area (Å²) in [7, 11) is 1.90. The average molecular weight is 436 g/mol. The number of hydrogen-bond acceptors (Lipinski definition) is 4. The van der Waals surface area contributed by atoms with E-state index in [1.54, 1.807) is 6.20 Å². The Morgan fingerprint density at radius 3 is 2.84 bits per heavy atom. The first-order valence-electron chi connectivity index (χ1n) is 11.5. The van der Waals surface area contributed by atoms with Crippen molar-refractivity contribution in [3.05, 3.63) is 48.0 Å². The molecule has 0 aliphatic carbocycles. The standard InChI is InChI=1S/C24H29N5O3/c1-27-16-12-25-22(27)21-24(17-7-2-3-8-18(17)26-23(24)32)11-15-29(21)20(31)10-6-14-28-13-5-4-9-19(28)30/h2-3,7-8,12,16,21H,4-6,9-11,13-15H2,1H3,(H,26,32)/t21-,24+/m0/s1. The van der Waals surface area contributed by atoms with E-state index in [1.807, 2.05) is 51.9 Å². The van der Waals surface area contributed by atoms with Crippen molar-refractivity contribution in [2.75, 3.05) is 25.0 Å². The zero-order valence-corrected chi connectivity index (χ0v) is 18.4. The van der Waals surface area contributed by atoms with Crippen molar-refractivity contribution in [2.24, 2.45) is 7.05 Å². The molecule has 2 atom stereocenters. The summed E-state index contributed by atoms with van der Waals surface area (Å²) in [5, 5.41) is 3.03. The largest absolute Gasteiger partial charge is 0.343 e. The Balaban J connectivity index is 1.41. The number of fused-ring (bicyclic) bond motifs is 2. The zero-order valence-electron chi connectivity index (χ0n) is 18.4. The molecule has 1 spiro atoms. The third-order valence-corrected chi connectivity index (χ3v) is 7.25. The highest BCUT2D eigenvalue weighted by Crippen LogP contribution is 2.54. The van der Waals surface area contributed by atoms with Crippen LogP contribution in [0.2, 0.25) is 0 Å². The Morgan fingerprint density at radius 1 is 1.22 bits per heavy atom. The number of amides is 3. The molecule has 3 aliphatic rings. The van der Waals surface area contributed by atoms with E-state index in [1.165, 1.54) is 0 Å². The van der Waals surface area contributed by atoms with Crippen LogP contribution in [0.25, 0.3) is 0 Å². The predicted octanol–water partition coefficient (Wildman–Crippen LogP) is 2.38. The molecule has 32 heavy (non-hydrogen) atoms. The number of anilines is 1. The molecule has 8 nitrogen and oxygen atoms in total. The summed E-state index contributed by atoms with van der Waals surface area (Å²) in [6.45, 7) is 1.90. The first kappa shape index (κ1) is 20.7. The minimum absolute atomic E-state index is 0.0107. The van der Waals surface area contributed by atoms with Gasteiger partial charge in [0.1, 0.15) is 17.3 Å². The van der Waals surface area contributed by atoms with Crippen molar-refractivity contribution in [1.29, 1.82) is 0 Å². The van der Waals surface area contributed by atoms with E-state index in [9.17, 15) is 14.4 Å². The van der Waals surface area contributed by atoms with Gasteiger partial charge < -0.3 is 19.7 Å². The molecule has 0 bridgehead atoms. The lowest BCUT2D eigenvalue weighted by atomic mass is 9.74. The van der Waals surface area contributed by atoms with E-state index in [0.29, 0.717) is 44.6 Å². The summed E-state index contributed by atoms with van der Waals surface area (Å²) in [5.74, 6) is 0.847. The number of piperidine rings is 1. The molecule has 3 amide bonds. The Labute approximate surface area is 187 Å². The SMILES string of the molecule is Cn1ccnc1[C@@H]1N(C(=O)CCCN2CCCCC2=O)CC[C@]12C(=O)Nc1ccccc12. The van der Waals surface area contributed by atoms with E-state index in [0.717, 1.165) is 30.6 Å². The molecule has 0 radical (unpaired) electrons. The number of hydrogen-bond donors (Lipinski definition) is 1. The van der Waals surface area contributed by atoms with E-state index in [-0.39, 0.29) is 17.7 Å². The summed E-state index contributed by atoms with van der Waals surface area (Å²) in [5.41, 5.74) is 0.913. The van der Waals surface area contributed by atoms with Gasteiger partial charge in [0.15, 0.2) is 0 Å². The third-order valence-electron chi connectivity index (χ3n) is 7.25. The van der Waals surface area contributed by atoms with Crippen LogP contribution in [0.5, 0.6) is 0 Å². The maximum Gasteiger partial charge on any atom is 0.237 e. The smallest absolute Gasteiger partial charge is 0.237 e. The first-order chi connectivity index (χ1) is 15.5. The van der Waals surface area contributed by atoms with Gasteiger partial charge >= 0.3 is 0 Å². The molecule has 3 aliphatic heterocycles. The van der Waals surface area contributed by atoms with Crippen molar-refractivity contribution in [2.45, 2.75) is 50.0 Å². The molecule has 4 heterocycles. The van der Waals surface area contributed by atoms with E-state index in [2.05, 4.69) is 10.3 Å².